The number of rotatable bonds is 7. The van der Waals surface area contributed by atoms with Crippen LogP contribution in [0.3, 0.4) is 0 Å². The lowest BCUT2D eigenvalue weighted by Gasteiger charge is -2.13. The molecule has 0 spiro atoms. The predicted octanol–water partition coefficient (Wildman–Crippen LogP) is 10.7. The van der Waals surface area contributed by atoms with Gasteiger partial charge in [-0.25, -0.2) is 19.9 Å². The molecule has 52 heavy (non-hydrogen) atoms. The van der Waals surface area contributed by atoms with E-state index in [0.29, 0.717) is 52.5 Å². The highest BCUT2D eigenvalue weighted by atomic mass is 16.5. The zero-order valence-corrected chi connectivity index (χ0v) is 27.5. The Morgan fingerprint density at radius 2 is 0.904 bits per heavy atom. The maximum atomic E-state index is 7.96. The van der Waals surface area contributed by atoms with E-state index in [-0.39, 0.29) is 0 Å². The van der Waals surface area contributed by atoms with E-state index in [4.69, 9.17) is 12.2 Å². The highest BCUT2D eigenvalue weighted by molar-refractivity contribution is 6.10. The van der Waals surface area contributed by atoms with Gasteiger partial charge in [-0.05, 0) is 78.8 Å². The monoisotopic (exact) mass is 674 g/mol. The van der Waals surface area contributed by atoms with Crippen LogP contribution in [0.5, 0.6) is 23.0 Å². The van der Waals surface area contributed by atoms with Gasteiger partial charge in [-0.3, -0.25) is 9.13 Å². The number of ether oxygens (including phenoxy) is 2. The van der Waals surface area contributed by atoms with E-state index in [1.54, 1.807) is 43.0 Å². The number of benzene rings is 5. The van der Waals surface area contributed by atoms with Crippen molar-refractivity contribution in [3.63, 3.8) is 0 Å². The van der Waals surface area contributed by atoms with Gasteiger partial charge in [0.25, 0.3) is 0 Å². The Morgan fingerprint density at radius 3 is 1.40 bits per heavy atom. The summed E-state index contributed by atoms with van der Waals surface area (Å²) in [7, 11) is 0. The summed E-state index contributed by atoms with van der Waals surface area (Å²) in [5.74, 6) is 4.30. The van der Waals surface area contributed by atoms with Crippen LogP contribution in [-0.4, -0.2) is 29.1 Å². The second-order valence-electron chi connectivity index (χ2n) is 12.3. The molecule has 8 nitrogen and oxygen atoms in total. The third kappa shape index (κ3) is 5.09. The molecule has 0 fully saturated rings. The molecule has 0 aliphatic rings. The lowest BCUT2D eigenvalue weighted by molar-refractivity contribution is 0.461. The Morgan fingerprint density at radius 1 is 0.404 bits per heavy atom. The van der Waals surface area contributed by atoms with Crippen LogP contribution in [0, 0.1) is 0 Å². The summed E-state index contributed by atoms with van der Waals surface area (Å²) in [6.45, 7) is 0. The van der Waals surface area contributed by atoms with Crippen molar-refractivity contribution < 1.29 is 12.2 Å². The standard InChI is InChI=1S/C44H28N6O2/c1-3-12-38-34(10-1)36-18-16-30(27-40(36)49(38)42-14-5-7-20-45-42)51-32-24-29(44-47-22-9-23-48-44)25-33(26-32)52-31-17-19-37-35-11-2-4-13-39(35)50(41(37)28-31)43-15-6-8-21-46-43/h1-28H/i7D,8D. The fraction of sp³-hybridized carbons (Fsp3) is 0. The largest absolute Gasteiger partial charge is 0.457 e. The van der Waals surface area contributed by atoms with Crippen LogP contribution in [-0.2, 0) is 0 Å². The fourth-order valence-electron chi connectivity index (χ4n) is 6.95. The topological polar surface area (TPSA) is 79.9 Å². The Bertz CT molecular complexity index is 2830. The minimum absolute atomic E-state index is 0.350. The lowest BCUT2D eigenvalue weighted by Crippen LogP contribution is -1.97. The quantitative estimate of drug-likeness (QED) is 0.167. The zero-order chi connectivity index (χ0) is 36.2. The predicted molar refractivity (Wildman–Crippen MR) is 205 cm³/mol. The SMILES string of the molecule is [2H]c1ccc(-n2c3ccccc3c3ccc(Oc4cc(Oc5ccc6c7ccccc7n(-c7ccc([2H])cn7)c6c5)cc(-c5ncccn5)c4)cc32)nc1. The Labute approximate surface area is 300 Å². The van der Waals surface area contributed by atoms with Crippen LogP contribution in [0.1, 0.15) is 2.74 Å². The first kappa shape index (κ1) is 27.5. The zero-order valence-electron chi connectivity index (χ0n) is 29.5. The van der Waals surface area contributed by atoms with E-state index >= 15 is 0 Å². The number of fused-ring (bicyclic) bond motifs is 6. The maximum absolute atomic E-state index is 7.96. The van der Waals surface area contributed by atoms with Crippen LogP contribution in [0.4, 0.5) is 0 Å². The molecule has 5 aromatic carbocycles. The van der Waals surface area contributed by atoms with E-state index in [9.17, 15) is 0 Å². The highest BCUT2D eigenvalue weighted by Gasteiger charge is 2.17. The van der Waals surface area contributed by atoms with Gasteiger partial charge in [-0.2, -0.15) is 0 Å². The first-order valence-corrected chi connectivity index (χ1v) is 16.8. The molecule has 0 saturated heterocycles. The molecule has 5 heterocycles. The molecular weight excluding hydrogens is 645 g/mol. The Kier molecular flexibility index (Phi) is 6.46. The lowest BCUT2D eigenvalue weighted by atomic mass is 10.1. The van der Waals surface area contributed by atoms with Crippen molar-refractivity contribution in [2.24, 2.45) is 0 Å². The molecule has 0 aliphatic carbocycles. The molecular formula is C44H28N6O2. The highest BCUT2D eigenvalue weighted by Crippen LogP contribution is 2.39. The molecule has 0 atom stereocenters. The number of para-hydroxylation sites is 2. The van der Waals surface area contributed by atoms with Crippen LogP contribution < -0.4 is 9.47 Å². The average Bonchev–Trinajstić information content (AvgIpc) is 3.71. The molecule has 246 valence electrons. The van der Waals surface area contributed by atoms with E-state index in [2.05, 4.69) is 65.5 Å². The molecule has 5 aromatic heterocycles. The van der Waals surface area contributed by atoms with Crippen LogP contribution >= 0.6 is 0 Å². The van der Waals surface area contributed by atoms with Gasteiger partial charge in [-0.15, -0.1) is 0 Å². The molecule has 0 amide bonds. The molecule has 0 N–H and O–H groups in total. The first-order valence-electron chi connectivity index (χ1n) is 17.8. The molecule has 10 rings (SSSR count). The summed E-state index contributed by atoms with van der Waals surface area (Å²) < 4.78 is 33.3. The summed E-state index contributed by atoms with van der Waals surface area (Å²) >= 11 is 0. The minimum Gasteiger partial charge on any atom is -0.457 e. The molecule has 0 unspecified atom stereocenters. The number of nitrogens with zero attached hydrogens (tertiary/aromatic N) is 6. The van der Waals surface area contributed by atoms with Crippen molar-refractivity contribution in [3.8, 4) is 46.0 Å². The molecule has 0 aliphatic heterocycles. The normalized spacial score (nSPS) is 12.0. The van der Waals surface area contributed by atoms with E-state index in [1.165, 1.54) is 0 Å². The molecule has 0 radical (unpaired) electrons. The number of aromatic nitrogens is 6. The van der Waals surface area contributed by atoms with Crippen molar-refractivity contribution in [1.82, 2.24) is 29.1 Å². The molecule has 10 aromatic rings. The number of hydrogen-bond acceptors (Lipinski definition) is 6. The van der Waals surface area contributed by atoms with Gasteiger partial charge in [0.15, 0.2) is 5.82 Å². The van der Waals surface area contributed by atoms with Gasteiger partial charge < -0.3 is 9.47 Å². The van der Waals surface area contributed by atoms with Crippen molar-refractivity contribution in [1.29, 1.82) is 0 Å². The summed E-state index contributed by atoms with van der Waals surface area (Å²) in [6, 6.07) is 43.8. The van der Waals surface area contributed by atoms with Crippen molar-refractivity contribution in [3.05, 3.63) is 170 Å². The van der Waals surface area contributed by atoms with E-state index in [1.807, 2.05) is 78.9 Å². The Hall–Kier alpha value is -7.32. The fourth-order valence-corrected chi connectivity index (χ4v) is 6.95. The van der Waals surface area contributed by atoms with E-state index < -0.39 is 0 Å². The second-order valence-corrected chi connectivity index (χ2v) is 12.3. The van der Waals surface area contributed by atoms with Gasteiger partial charge in [0.1, 0.15) is 34.6 Å². The first-order chi connectivity index (χ1) is 26.6. The van der Waals surface area contributed by atoms with Gasteiger partial charge in [-0.1, -0.05) is 48.5 Å². The smallest absolute Gasteiger partial charge is 0.159 e. The average molecular weight is 675 g/mol. The summed E-state index contributed by atoms with van der Waals surface area (Å²) in [4.78, 5) is 18.2. The third-order valence-electron chi connectivity index (χ3n) is 9.12. The van der Waals surface area contributed by atoms with Gasteiger partial charge in [0.05, 0.1) is 24.8 Å². The Balaban J connectivity index is 1.07. The van der Waals surface area contributed by atoms with Crippen molar-refractivity contribution in [2.45, 2.75) is 0 Å². The molecule has 0 saturated carbocycles. The summed E-state index contributed by atoms with van der Waals surface area (Å²) in [5.41, 5.74) is 4.60. The summed E-state index contributed by atoms with van der Waals surface area (Å²) in [6.07, 6.45) is 6.52. The van der Waals surface area contributed by atoms with Gasteiger partial charge in [0, 0.05) is 70.1 Å². The third-order valence-corrected chi connectivity index (χ3v) is 9.12. The van der Waals surface area contributed by atoms with E-state index in [0.717, 1.165) is 49.2 Å². The minimum atomic E-state index is 0.350. The van der Waals surface area contributed by atoms with Crippen molar-refractivity contribution in [2.75, 3.05) is 0 Å². The van der Waals surface area contributed by atoms with Gasteiger partial charge in [0.2, 0.25) is 0 Å². The van der Waals surface area contributed by atoms with Crippen LogP contribution in [0.25, 0.3) is 66.6 Å². The van der Waals surface area contributed by atoms with Gasteiger partial charge >= 0.3 is 0 Å². The molecule has 8 heteroatoms. The van der Waals surface area contributed by atoms with Crippen LogP contribution in [0.15, 0.2) is 170 Å². The summed E-state index contributed by atoms with van der Waals surface area (Å²) in [5, 5.41) is 4.30. The van der Waals surface area contributed by atoms with Crippen molar-refractivity contribution >= 4 is 43.6 Å². The maximum Gasteiger partial charge on any atom is 0.159 e. The number of hydrogen-bond donors (Lipinski definition) is 0. The molecule has 0 bridgehead atoms. The van der Waals surface area contributed by atoms with Crippen LogP contribution in [0.2, 0.25) is 0 Å². The number of pyridine rings is 2. The second kappa shape index (κ2) is 12.2.